The van der Waals surface area contributed by atoms with Gasteiger partial charge in [0, 0.05) is 5.41 Å². The fourth-order valence-corrected chi connectivity index (χ4v) is 7.62. The minimum atomic E-state index is 0.169. The monoisotopic (exact) mass is 304 g/mol. The largest absolute Gasteiger partial charge is 0.363 e. The van der Waals surface area contributed by atoms with Crippen LogP contribution in [0.5, 0.6) is 0 Å². The molecule has 3 saturated carbocycles. The van der Waals surface area contributed by atoms with Crippen LogP contribution in [0.2, 0.25) is 0 Å². The Balaban J connectivity index is 1.54. The normalized spacial score (nSPS) is 60.8. The number of ether oxygens (including phenoxy) is 2. The SMILES string of the molecule is CC(C)[C@]12C[C@@H]3CC[C@H]4C(C)(C)CCC[C@]4(C)[C@]34O[C@@H]4[C@H]1O2. The Morgan fingerprint density at radius 2 is 1.73 bits per heavy atom. The molecule has 0 unspecified atom stereocenters. The molecule has 0 amide bonds. The molecule has 0 bridgehead atoms. The van der Waals surface area contributed by atoms with Gasteiger partial charge in [-0.2, -0.15) is 0 Å². The summed E-state index contributed by atoms with van der Waals surface area (Å²) in [7, 11) is 0. The molecule has 22 heavy (non-hydrogen) atoms. The van der Waals surface area contributed by atoms with E-state index in [1.807, 2.05) is 0 Å². The predicted octanol–water partition coefficient (Wildman–Crippen LogP) is 4.56. The Labute approximate surface area is 135 Å². The lowest BCUT2D eigenvalue weighted by Gasteiger charge is -2.59. The third kappa shape index (κ3) is 1.34. The maximum atomic E-state index is 6.64. The molecule has 0 N–H and O–H groups in total. The van der Waals surface area contributed by atoms with Crippen LogP contribution < -0.4 is 0 Å². The zero-order chi connectivity index (χ0) is 15.5. The Kier molecular flexibility index (Phi) is 2.45. The van der Waals surface area contributed by atoms with E-state index in [4.69, 9.17) is 9.47 Å². The number of fused-ring (bicyclic) bond motifs is 3. The van der Waals surface area contributed by atoms with Crippen molar-refractivity contribution in [1.82, 2.24) is 0 Å². The van der Waals surface area contributed by atoms with Gasteiger partial charge in [0.15, 0.2) is 0 Å². The van der Waals surface area contributed by atoms with Gasteiger partial charge in [0.05, 0.1) is 0 Å². The molecule has 2 heteroatoms. The van der Waals surface area contributed by atoms with E-state index in [-0.39, 0.29) is 11.2 Å². The summed E-state index contributed by atoms with van der Waals surface area (Å²) in [5.41, 5.74) is 1.22. The number of rotatable bonds is 1. The van der Waals surface area contributed by atoms with Crippen molar-refractivity contribution in [3.8, 4) is 0 Å². The number of hydrogen-bond acceptors (Lipinski definition) is 2. The van der Waals surface area contributed by atoms with E-state index in [0.29, 0.717) is 29.0 Å². The summed E-state index contributed by atoms with van der Waals surface area (Å²) in [6.45, 7) is 12.3. The molecule has 0 aromatic carbocycles. The lowest BCUT2D eigenvalue weighted by atomic mass is 9.43. The van der Waals surface area contributed by atoms with Gasteiger partial charge in [-0.15, -0.1) is 0 Å². The van der Waals surface area contributed by atoms with E-state index < -0.39 is 0 Å². The van der Waals surface area contributed by atoms with E-state index >= 15 is 0 Å². The van der Waals surface area contributed by atoms with Gasteiger partial charge in [0.2, 0.25) is 0 Å². The van der Waals surface area contributed by atoms with Gasteiger partial charge in [-0.25, -0.2) is 0 Å². The lowest BCUT2D eigenvalue weighted by molar-refractivity contribution is -0.118. The fourth-order valence-electron chi connectivity index (χ4n) is 7.62. The summed E-state index contributed by atoms with van der Waals surface area (Å²) in [6, 6.07) is 0. The van der Waals surface area contributed by atoms with Crippen molar-refractivity contribution in [1.29, 1.82) is 0 Å². The maximum absolute atomic E-state index is 6.64. The molecule has 0 aromatic heterocycles. The van der Waals surface area contributed by atoms with Crippen LogP contribution in [0.4, 0.5) is 0 Å². The summed E-state index contributed by atoms with van der Waals surface area (Å²) >= 11 is 0. The highest BCUT2D eigenvalue weighted by Crippen LogP contribution is 2.77. The van der Waals surface area contributed by atoms with Crippen LogP contribution in [0.1, 0.15) is 73.1 Å². The van der Waals surface area contributed by atoms with Crippen LogP contribution in [-0.4, -0.2) is 23.4 Å². The third-order valence-corrected chi connectivity index (χ3v) is 8.81. The fraction of sp³-hybridized carbons (Fsp3) is 1.00. The van der Waals surface area contributed by atoms with Crippen molar-refractivity contribution < 1.29 is 9.47 Å². The van der Waals surface area contributed by atoms with Crippen LogP contribution in [0.15, 0.2) is 0 Å². The van der Waals surface area contributed by atoms with Crippen molar-refractivity contribution in [2.75, 3.05) is 0 Å². The first-order valence-electron chi connectivity index (χ1n) is 9.64. The summed E-state index contributed by atoms with van der Waals surface area (Å²) in [6.07, 6.45) is 9.00. The Hall–Kier alpha value is -0.0800. The van der Waals surface area contributed by atoms with Gasteiger partial charge in [0.25, 0.3) is 0 Å². The molecular formula is C20H32O2. The van der Waals surface area contributed by atoms with Gasteiger partial charge in [-0.05, 0) is 55.3 Å². The predicted molar refractivity (Wildman–Crippen MR) is 86.6 cm³/mol. The first kappa shape index (κ1) is 14.3. The Morgan fingerprint density at radius 1 is 0.955 bits per heavy atom. The molecule has 124 valence electrons. The van der Waals surface area contributed by atoms with Gasteiger partial charge in [0.1, 0.15) is 23.4 Å². The van der Waals surface area contributed by atoms with Gasteiger partial charge in [-0.3, -0.25) is 0 Å². The molecule has 5 rings (SSSR count). The summed E-state index contributed by atoms with van der Waals surface area (Å²) < 4.78 is 13.0. The second-order valence-corrected chi connectivity index (χ2v) is 10.3. The molecule has 5 fully saturated rings. The van der Waals surface area contributed by atoms with E-state index in [9.17, 15) is 0 Å². The maximum Gasteiger partial charge on any atom is 0.117 e. The van der Waals surface area contributed by atoms with Crippen LogP contribution in [-0.2, 0) is 9.47 Å². The lowest BCUT2D eigenvalue weighted by Crippen LogP contribution is -2.60. The number of hydrogen-bond donors (Lipinski definition) is 0. The molecule has 0 radical (unpaired) electrons. The minimum Gasteiger partial charge on any atom is -0.363 e. The molecule has 2 saturated heterocycles. The Bertz CT molecular complexity index is 526. The standard InChI is InChI=1S/C20H32O2/c1-12(2)19-11-13-7-8-14-17(3,4)9-6-10-18(14,5)20(13)16(22-20)15(19)21-19/h12-16H,6-11H2,1-5H3/t13-,14-,15+,16+,18-,19+,20-/m0/s1. The average molecular weight is 304 g/mol. The van der Waals surface area contributed by atoms with Crippen molar-refractivity contribution in [3.63, 3.8) is 0 Å². The number of epoxide rings is 2. The van der Waals surface area contributed by atoms with Gasteiger partial charge >= 0.3 is 0 Å². The quantitative estimate of drug-likeness (QED) is 0.663. The second kappa shape index (κ2) is 3.77. The van der Waals surface area contributed by atoms with E-state index in [0.717, 1.165) is 11.8 Å². The average Bonchev–Trinajstić information content (AvgIpc) is 3.28. The summed E-state index contributed by atoms with van der Waals surface area (Å²) in [5.74, 6) is 2.21. The van der Waals surface area contributed by atoms with Crippen LogP contribution in [0.3, 0.4) is 0 Å². The first-order valence-corrected chi connectivity index (χ1v) is 9.64. The molecule has 0 aromatic rings. The molecule has 7 atom stereocenters. The molecule has 2 aliphatic heterocycles. The minimum absolute atomic E-state index is 0.169. The molecule has 2 heterocycles. The molecule has 2 nitrogen and oxygen atoms in total. The van der Waals surface area contributed by atoms with Crippen molar-refractivity contribution in [2.45, 2.75) is 96.6 Å². The van der Waals surface area contributed by atoms with E-state index in [1.165, 1.54) is 38.5 Å². The molecule has 5 aliphatic rings. The third-order valence-electron chi connectivity index (χ3n) is 8.81. The highest BCUT2D eigenvalue weighted by atomic mass is 16.7. The van der Waals surface area contributed by atoms with Gasteiger partial charge in [-0.1, -0.05) is 41.0 Å². The van der Waals surface area contributed by atoms with Crippen LogP contribution >= 0.6 is 0 Å². The van der Waals surface area contributed by atoms with Crippen molar-refractivity contribution in [3.05, 3.63) is 0 Å². The smallest absolute Gasteiger partial charge is 0.117 e. The molecule has 3 aliphatic carbocycles. The molecular weight excluding hydrogens is 272 g/mol. The van der Waals surface area contributed by atoms with E-state index in [2.05, 4.69) is 34.6 Å². The second-order valence-electron chi connectivity index (χ2n) is 10.3. The first-order chi connectivity index (χ1) is 10.3. The van der Waals surface area contributed by atoms with Crippen molar-refractivity contribution in [2.24, 2.45) is 28.6 Å². The Morgan fingerprint density at radius 3 is 2.45 bits per heavy atom. The van der Waals surface area contributed by atoms with Gasteiger partial charge < -0.3 is 9.47 Å². The summed E-state index contributed by atoms with van der Waals surface area (Å²) in [5, 5.41) is 0. The van der Waals surface area contributed by atoms with Crippen LogP contribution in [0.25, 0.3) is 0 Å². The molecule has 1 spiro atoms. The zero-order valence-electron chi connectivity index (χ0n) is 14.9. The highest BCUT2D eigenvalue weighted by molar-refractivity contribution is 5.33. The van der Waals surface area contributed by atoms with E-state index in [1.54, 1.807) is 0 Å². The van der Waals surface area contributed by atoms with Crippen LogP contribution in [0, 0.1) is 28.6 Å². The summed E-state index contributed by atoms with van der Waals surface area (Å²) in [4.78, 5) is 0. The van der Waals surface area contributed by atoms with Crippen molar-refractivity contribution >= 4 is 0 Å². The highest BCUT2D eigenvalue weighted by Gasteiger charge is 2.86. The zero-order valence-corrected chi connectivity index (χ0v) is 14.9. The topological polar surface area (TPSA) is 25.1 Å².